The fourth-order valence-electron chi connectivity index (χ4n) is 2.91. The fraction of sp³-hybridized carbons (Fsp3) is 0.316. The molecule has 5 heteroatoms. The van der Waals surface area contributed by atoms with E-state index in [1.165, 1.54) is 16.7 Å². The van der Waals surface area contributed by atoms with E-state index in [1.54, 1.807) is 0 Å². The van der Waals surface area contributed by atoms with Crippen molar-refractivity contribution in [2.75, 3.05) is 6.54 Å². The molecule has 0 aliphatic carbocycles. The van der Waals surface area contributed by atoms with E-state index in [0.717, 1.165) is 12.0 Å². The number of amides is 1. The lowest BCUT2D eigenvalue weighted by Crippen LogP contribution is -2.36. The van der Waals surface area contributed by atoms with Crippen molar-refractivity contribution in [2.24, 2.45) is 0 Å². The third-order valence-corrected chi connectivity index (χ3v) is 5.34. The summed E-state index contributed by atoms with van der Waals surface area (Å²) >= 11 is 0. The summed E-state index contributed by atoms with van der Waals surface area (Å²) in [6.07, 6.45) is 1.38. The van der Waals surface area contributed by atoms with Gasteiger partial charge < -0.3 is 5.32 Å². The van der Waals surface area contributed by atoms with Gasteiger partial charge in [0.2, 0.25) is 5.91 Å². The number of benzene rings is 2. The summed E-state index contributed by atoms with van der Waals surface area (Å²) in [5.74, 6) is 0.541. The number of hydrogen-bond acceptors (Lipinski definition) is 2. The third kappa shape index (κ3) is 4.30. The SMILES string of the molecule is Cc1ccc(CS(=O)NCC2CCC(=O)N2)cc1-c1ccccc1. The van der Waals surface area contributed by atoms with Crippen LogP contribution >= 0.6 is 0 Å². The fourth-order valence-corrected chi connectivity index (χ4v) is 3.89. The molecule has 24 heavy (non-hydrogen) atoms. The number of rotatable bonds is 6. The first-order valence-electron chi connectivity index (χ1n) is 8.18. The van der Waals surface area contributed by atoms with Crippen LogP contribution in [0.3, 0.4) is 0 Å². The van der Waals surface area contributed by atoms with Crippen molar-refractivity contribution in [3.8, 4) is 11.1 Å². The second-order valence-corrected chi connectivity index (χ2v) is 7.43. The van der Waals surface area contributed by atoms with Crippen molar-refractivity contribution >= 4 is 16.9 Å². The zero-order valence-corrected chi connectivity index (χ0v) is 14.6. The Morgan fingerprint density at radius 1 is 1.21 bits per heavy atom. The predicted octanol–water partition coefficient (Wildman–Crippen LogP) is 2.69. The highest BCUT2D eigenvalue weighted by Gasteiger charge is 2.20. The van der Waals surface area contributed by atoms with E-state index in [-0.39, 0.29) is 11.9 Å². The van der Waals surface area contributed by atoms with Crippen molar-refractivity contribution in [2.45, 2.75) is 31.6 Å². The Morgan fingerprint density at radius 2 is 2.00 bits per heavy atom. The Hall–Kier alpha value is -1.98. The molecule has 0 radical (unpaired) electrons. The van der Waals surface area contributed by atoms with Crippen LogP contribution in [0.2, 0.25) is 0 Å². The van der Waals surface area contributed by atoms with E-state index in [9.17, 15) is 9.00 Å². The van der Waals surface area contributed by atoms with Gasteiger partial charge in [0.1, 0.15) is 0 Å². The van der Waals surface area contributed by atoms with Crippen LogP contribution in [0.1, 0.15) is 24.0 Å². The minimum absolute atomic E-state index is 0.0821. The lowest BCUT2D eigenvalue weighted by molar-refractivity contribution is -0.119. The number of carbonyl (C=O) groups excluding carboxylic acids is 1. The maximum atomic E-state index is 12.3. The molecule has 0 saturated carbocycles. The van der Waals surface area contributed by atoms with Crippen molar-refractivity contribution in [3.05, 3.63) is 59.7 Å². The van der Waals surface area contributed by atoms with Crippen LogP contribution in [0.25, 0.3) is 11.1 Å². The van der Waals surface area contributed by atoms with Crippen LogP contribution in [-0.2, 0) is 21.5 Å². The van der Waals surface area contributed by atoms with Gasteiger partial charge in [-0.3, -0.25) is 4.79 Å². The molecule has 2 atom stereocenters. The van der Waals surface area contributed by atoms with E-state index in [0.29, 0.717) is 18.7 Å². The van der Waals surface area contributed by atoms with Crippen molar-refractivity contribution in [1.82, 2.24) is 10.0 Å². The molecule has 0 bridgehead atoms. The molecule has 1 fully saturated rings. The molecule has 1 aliphatic rings. The molecule has 1 saturated heterocycles. The van der Waals surface area contributed by atoms with E-state index in [2.05, 4.69) is 41.2 Å². The minimum atomic E-state index is -1.15. The van der Waals surface area contributed by atoms with Crippen molar-refractivity contribution < 1.29 is 9.00 Å². The average Bonchev–Trinajstić information content (AvgIpc) is 3.01. The Kier molecular flexibility index (Phi) is 5.43. The summed E-state index contributed by atoms with van der Waals surface area (Å²) in [7, 11) is -1.15. The first kappa shape index (κ1) is 16.9. The van der Waals surface area contributed by atoms with Gasteiger partial charge in [-0.15, -0.1) is 0 Å². The second-order valence-electron chi connectivity index (χ2n) is 6.16. The van der Waals surface area contributed by atoms with Gasteiger partial charge >= 0.3 is 0 Å². The van der Waals surface area contributed by atoms with Crippen molar-refractivity contribution in [1.29, 1.82) is 0 Å². The lowest BCUT2D eigenvalue weighted by atomic mass is 9.99. The Balaban J connectivity index is 1.63. The second kappa shape index (κ2) is 7.73. The van der Waals surface area contributed by atoms with Crippen molar-refractivity contribution in [3.63, 3.8) is 0 Å². The molecule has 3 rings (SSSR count). The van der Waals surface area contributed by atoms with Gasteiger partial charge in [-0.25, -0.2) is 8.93 Å². The van der Waals surface area contributed by atoms with E-state index < -0.39 is 11.0 Å². The molecule has 1 aliphatic heterocycles. The first-order valence-corrected chi connectivity index (χ1v) is 9.50. The van der Waals surface area contributed by atoms with E-state index >= 15 is 0 Å². The molecule has 1 amide bonds. The summed E-state index contributed by atoms with van der Waals surface area (Å²) in [6.45, 7) is 2.64. The normalized spacial score (nSPS) is 18.4. The standard InChI is InChI=1S/C19H22N2O2S/c1-14-7-8-15(11-18(14)16-5-3-2-4-6-16)13-24(23)20-12-17-9-10-19(22)21-17/h2-8,11,17,20H,9-10,12-13H2,1H3,(H,21,22). The summed E-state index contributed by atoms with van der Waals surface area (Å²) in [5.41, 5.74) is 4.59. The molecule has 2 aromatic carbocycles. The van der Waals surface area contributed by atoms with Gasteiger partial charge in [0.25, 0.3) is 0 Å². The molecule has 0 spiro atoms. The van der Waals surface area contributed by atoms with Crippen LogP contribution < -0.4 is 10.0 Å². The van der Waals surface area contributed by atoms with Gasteiger partial charge in [-0.05, 0) is 41.7 Å². The minimum Gasteiger partial charge on any atom is -0.352 e. The first-order chi connectivity index (χ1) is 11.6. The Morgan fingerprint density at radius 3 is 2.71 bits per heavy atom. The third-order valence-electron chi connectivity index (χ3n) is 4.26. The predicted molar refractivity (Wildman–Crippen MR) is 97.6 cm³/mol. The van der Waals surface area contributed by atoms with E-state index in [4.69, 9.17) is 0 Å². The molecular formula is C19H22N2O2S. The Bertz CT molecular complexity index is 746. The highest BCUT2D eigenvalue weighted by Crippen LogP contribution is 2.24. The monoisotopic (exact) mass is 342 g/mol. The molecular weight excluding hydrogens is 320 g/mol. The zero-order valence-electron chi connectivity index (χ0n) is 13.7. The molecule has 126 valence electrons. The largest absolute Gasteiger partial charge is 0.352 e. The molecule has 4 nitrogen and oxygen atoms in total. The van der Waals surface area contributed by atoms with Crippen LogP contribution in [0.4, 0.5) is 0 Å². The van der Waals surface area contributed by atoms with Gasteiger partial charge in [-0.1, -0.05) is 42.5 Å². The van der Waals surface area contributed by atoms with Gasteiger partial charge in [0.15, 0.2) is 0 Å². The summed E-state index contributed by atoms with van der Waals surface area (Å²) in [5, 5.41) is 2.88. The van der Waals surface area contributed by atoms with Crippen LogP contribution in [0, 0.1) is 6.92 Å². The quantitative estimate of drug-likeness (QED) is 0.848. The zero-order chi connectivity index (χ0) is 16.9. The molecule has 2 aromatic rings. The highest BCUT2D eigenvalue weighted by molar-refractivity contribution is 7.82. The summed E-state index contributed by atoms with van der Waals surface area (Å²) < 4.78 is 15.3. The smallest absolute Gasteiger partial charge is 0.220 e. The summed E-state index contributed by atoms with van der Waals surface area (Å²) in [4.78, 5) is 11.2. The topological polar surface area (TPSA) is 58.2 Å². The number of hydrogen-bond donors (Lipinski definition) is 2. The maximum absolute atomic E-state index is 12.3. The van der Waals surface area contributed by atoms with Crippen LogP contribution in [-0.4, -0.2) is 22.7 Å². The molecule has 2 unspecified atom stereocenters. The maximum Gasteiger partial charge on any atom is 0.220 e. The number of aryl methyl sites for hydroxylation is 1. The number of carbonyl (C=O) groups is 1. The Labute approximate surface area is 145 Å². The van der Waals surface area contributed by atoms with E-state index in [1.807, 2.05) is 24.3 Å². The number of nitrogens with one attached hydrogen (secondary N) is 2. The molecule has 2 N–H and O–H groups in total. The van der Waals surface area contributed by atoms with Crippen LogP contribution in [0.15, 0.2) is 48.5 Å². The average molecular weight is 342 g/mol. The summed E-state index contributed by atoms with van der Waals surface area (Å²) in [6, 6.07) is 16.5. The lowest BCUT2D eigenvalue weighted by Gasteiger charge is -2.12. The highest BCUT2D eigenvalue weighted by atomic mass is 32.2. The van der Waals surface area contributed by atoms with Gasteiger partial charge in [0.05, 0.1) is 16.7 Å². The van der Waals surface area contributed by atoms with Gasteiger partial charge in [-0.2, -0.15) is 0 Å². The van der Waals surface area contributed by atoms with Gasteiger partial charge in [0, 0.05) is 19.0 Å². The van der Waals surface area contributed by atoms with Crippen LogP contribution in [0.5, 0.6) is 0 Å². The molecule has 1 heterocycles. The molecule has 0 aromatic heterocycles.